The molecule has 0 amide bonds. The number of hydrogen-bond donors (Lipinski definition) is 4. The number of H-pyrrole nitrogens is 1. The van der Waals surface area contributed by atoms with Crippen LogP contribution in [0, 0.1) is 0 Å². The maximum absolute atomic E-state index is 11.4. The quantitative estimate of drug-likeness (QED) is 0.554. The number of rotatable bonds is 3. The van der Waals surface area contributed by atoms with Crippen molar-refractivity contribution < 1.29 is 9.46 Å². The van der Waals surface area contributed by atoms with E-state index in [4.69, 9.17) is 5.50 Å². The number of nitrogens with one attached hydrogen (secondary N) is 2. The topological polar surface area (TPSA) is 148 Å². The minimum absolute atomic E-state index is 0.0176. The highest BCUT2D eigenvalue weighted by molar-refractivity contribution is 7.55. The van der Waals surface area contributed by atoms with Crippen LogP contribution in [-0.2, 0) is 4.57 Å². The SMILES string of the molecule is NP(=O)(O)CC1CCNc2nc(-c3nn[nH]n3)cn21. The highest BCUT2D eigenvalue weighted by Gasteiger charge is 2.27. The van der Waals surface area contributed by atoms with E-state index in [0.29, 0.717) is 30.4 Å². The Kier molecular flexibility index (Phi) is 2.85. The molecule has 3 rings (SSSR count). The third kappa shape index (κ3) is 2.50. The summed E-state index contributed by atoms with van der Waals surface area (Å²) in [5.74, 6) is 0.992. The molecule has 2 aromatic heterocycles. The molecule has 0 aromatic carbocycles. The van der Waals surface area contributed by atoms with E-state index in [9.17, 15) is 9.46 Å². The van der Waals surface area contributed by atoms with Crippen LogP contribution in [0.2, 0.25) is 0 Å². The van der Waals surface area contributed by atoms with E-state index in [2.05, 4.69) is 30.9 Å². The van der Waals surface area contributed by atoms with Gasteiger partial charge in [0.2, 0.25) is 11.8 Å². The maximum Gasteiger partial charge on any atom is 0.266 e. The number of imidazole rings is 1. The first-order chi connectivity index (χ1) is 9.03. The van der Waals surface area contributed by atoms with Crippen molar-refractivity contribution >= 4 is 13.5 Å². The van der Waals surface area contributed by atoms with E-state index in [1.165, 1.54) is 0 Å². The molecule has 11 heteroatoms. The van der Waals surface area contributed by atoms with Crippen LogP contribution < -0.4 is 10.8 Å². The van der Waals surface area contributed by atoms with Gasteiger partial charge in [-0.1, -0.05) is 0 Å². The summed E-state index contributed by atoms with van der Waals surface area (Å²) in [5.41, 5.74) is 5.79. The van der Waals surface area contributed by atoms with Crippen LogP contribution in [0.25, 0.3) is 11.5 Å². The van der Waals surface area contributed by atoms with Crippen LogP contribution in [0.5, 0.6) is 0 Å². The molecule has 2 aromatic rings. The molecule has 2 atom stereocenters. The van der Waals surface area contributed by atoms with E-state index in [1.807, 2.05) is 0 Å². The van der Waals surface area contributed by atoms with E-state index in [1.54, 1.807) is 10.8 Å². The number of anilines is 1. The summed E-state index contributed by atoms with van der Waals surface area (Å²) in [6.45, 7) is 0.674. The van der Waals surface area contributed by atoms with Crippen molar-refractivity contribution in [2.45, 2.75) is 12.5 Å². The summed E-state index contributed by atoms with van der Waals surface area (Å²) in [6.07, 6.45) is 2.45. The third-order valence-electron chi connectivity index (χ3n) is 2.93. The predicted octanol–water partition coefficient (Wildman–Crippen LogP) is -0.436. The molecular formula is C8H13N8O2P. The number of tetrazole rings is 1. The normalized spacial score (nSPS) is 21.5. The fourth-order valence-corrected chi connectivity index (χ4v) is 3.11. The van der Waals surface area contributed by atoms with E-state index in [0.717, 1.165) is 0 Å². The van der Waals surface area contributed by atoms with Crippen LogP contribution in [0.4, 0.5) is 5.95 Å². The molecule has 0 fully saturated rings. The molecule has 5 N–H and O–H groups in total. The number of aromatic nitrogens is 6. The van der Waals surface area contributed by atoms with Crippen LogP contribution in [-0.4, -0.2) is 47.8 Å². The number of fused-ring (bicyclic) bond motifs is 1. The molecule has 2 unspecified atom stereocenters. The summed E-state index contributed by atoms with van der Waals surface area (Å²) < 4.78 is 13.2. The van der Waals surface area contributed by atoms with E-state index < -0.39 is 7.52 Å². The van der Waals surface area contributed by atoms with Crippen molar-refractivity contribution in [3.8, 4) is 11.5 Å². The first-order valence-electron chi connectivity index (χ1n) is 5.70. The molecule has 0 spiro atoms. The second-order valence-corrected chi connectivity index (χ2v) is 6.28. The third-order valence-corrected chi connectivity index (χ3v) is 3.88. The van der Waals surface area contributed by atoms with Crippen LogP contribution >= 0.6 is 7.52 Å². The van der Waals surface area contributed by atoms with Gasteiger partial charge in [-0.05, 0) is 11.6 Å². The average molecular weight is 284 g/mol. The zero-order chi connectivity index (χ0) is 13.5. The zero-order valence-corrected chi connectivity index (χ0v) is 10.8. The van der Waals surface area contributed by atoms with Gasteiger partial charge in [0.05, 0.1) is 6.16 Å². The highest BCUT2D eigenvalue weighted by Crippen LogP contribution is 2.38. The molecule has 1 aliphatic rings. The minimum Gasteiger partial charge on any atom is -0.356 e. The van der Waals surface area contributed by atoms with Crippen molar-refractivity contribution in [3.05, 3.63) is 6.20 Å². The molecule has 10 nitrogen and oxygen atoms in total. The maximum atomic E-state index is 11.4. The average Bonchev–Trinajstić information content (AvgIpc) is 2.95. The van der Waals surface area contributed by atoms with Crippen molar-refractivity contribution in [1.29, 1.82) is 0 Å². The lowest BCUT2D eigenvalue weighted by atomic mass is 10.2. The number of nitrogens with zero attached hydrogens (tertiary/aromatic N) is 5. The summed E-state index contributed by atoms with van der Waals surface area (Å²) in [6, 6.07) is -0.162. The molecular weight excluding hydrogens is 271 g/mol. The van der Waals surface area contributed by atoms with Gasteiger partial charge in [-0.15, -0.1) is 10.2 Å². The summed E-state index contributed by atoms with van der Waals surface area (Å²) >= 11 is 0. The second kappa shape index (κ2) is 4.41. The van der Waals surface area contributed by atoms with Gasteiger partial charge in [0.25, 0.3) is 7.52 Å². The molecule has 0 saturated carbocycles. The van der Waals surface area contributed by atoms with Crippen LogP contribution in [0.15, 0.2) is 6.20 Å². The lowest BCUT2D eigenvalue weighted by Gasteiger charge is -2.26. The zero-order valence-electron chi connectivity index (χ0n) is 9.89. The first-order valence-corrected chi connectivity index (χ1v) is 7.61. The molecule has 0 aliphatic carbocycles. The molecule has 0 saturated heterocycles. The van der Waals surface area contributed by atoms with Gasteiger partial charge in [-0.25, -0.2) is 4.98 Å². The van der Waals surface area contributed by atoms with Crippen LogP contribution in [0.3, 0.4) is 0 Å². The number of hydrogen-bond acceptors (Lipinski definition) is 6. The Morgan fingerprint density at radius 1 is 1.63 bits per heavy atom. The summed E-state index contributed by atoms with van der Waals surface area (Å²) in [7, 11) is -3.57. The van der Waals surface area contributed by atoms with Gasteiger partial charge >= 0.3 is 0 Å². The van der Waals surface area contributed by atoms with Crippen molar-refractivity contribution in [1.82, 2.24) is 30.2 Å². The smallest absolute Gasteiger partial charge is 0.266 e. The molecule has 3 heterocycles. The monoisotopic (exact) mass is 284 g/mol. The standard InChI is InChI=1S/C8H13N8O2P/c9-19(17,18)4-5-1-2-10-8-11-6(3-16(5)8)7-12-14-15-13-7/h3,5H,1-2,4H2,(H,10,11)(H3,9,17,18)(H,12,13,14,15). The Morgan fingerprint density at radius 2 is 2.47 bits per heavy atom. The number of nitrogens with two attached hydrogens (primary N) is 1. The van der Waals surface area contributed by atoms with Gasteiger partial charge in [-0.2, -0.15) is 5.21 Å². The Hall–Kier alpha value is -1.77. The van der Waals surface area contributed by atoms with Gasteiger partial charge in [0, 0.05) is 18.8 Å². The Labute approximate surface area is 107 Å². The molecule has 0 radical (unpaired) electrons. The van der Waals surface area contributed by atoms with Gasteiger partial charge in [-0.3, -0.25) is 10.1 Å². The van der Waals surface area contributed by atoms with Crippen molar-refractivity contribution in [3.63, 3.8) is 0 Å². The van der Waals surface area contributed by atoms with Crippen LogP contribution in [0.1, 0.15) is 12.5 Å². The Morgan fingerprint density at radius 3 is 3.16 bits per heavy atom. The lowest BCUT2D eigenvalue weighted by Crippen LogP contribution is -2.25. The fourth-order valence-electron chi connectivity index (χ4n) is 2.15. The van der Waals surface area contributed by atoms with Gasteiger partial charge in [0.1, 0.15) is 5.69 Å². The fraction of sp³-hybridized carbons (Fsp3) is 0.500. The minimum atomic E-state index is -3.57. The molecule has 0 bridgehead atoms. The highest BCUT2D eigenvalue weighted by atomic mass is 31.2. The second-order valence-electron chi connectivity index (χ2n) is 4.40. The predicted molar refractivity (Wildman–Crippen MR) is 66.4 cm³/mol. The van der Waals surface area contributed by atoms with Gasteiger partial charge < -0.3 is 14.8 Å². The Bertz CT molecular complexity index is 617. The Balaban J connectivity index is 1.94. The van der Waals surface area contributed by atoms with E-state index in [-0.39, 0.29) is 12.2 Å². The summed E-state index contributed by atoms with van der Waals surface area (Å²) in [5, 5.41) is 16.6. The van der Waals surface area contributed by atoms with Gasteiger partial charge in [0.15, 0.2) is 0 Å². The lowest BCUT2D eigenvalue weighted by molar-refractivity contribution is 0.442. The van der Waals surface area contributed by atoms with Crippen molar-refractivity contribution in [2.24, 2.45) is 5.50 Å². The molecule has 102 valence electrons. The van der Waals surface area contributed by atoms with E-state index >= 15 is 0 Å². The van der Waals surface area contributed by atoms with Crippen molar-refractivity contribution in [2.75, 3.05) is 18.0 Å². The molecule has 1 aliphatic heterocycles. The summed E-state index contributed by atoms with van der Waals surface area (Å²) in [4.78, 5) is 13.7. The first kappa shape index (κ1) is 12.3. The number of aromatic amines is 1. The largest absolute Gasteiger partial charge is 0.356 e. The molecule has 19 heavy (non-hydrogen) atoms.